The molecule has 1 atom stereocenters. The van der Waals surface area contributed by atoms with Crippen LogP contribution in [0.4, 0.5) is 0 Å². The Kier molecular flexibility index (Phi) is 9.80. The standard InChI is InChI=1S/C18H30Cl2N2.C4H8N2O/c1-14(11-18(20)16(3)19)21-9-10-22(15(2)12-21)13-17-7-5-4-6-8-17;5-4(1-2-4)6-3-7/h11,15,17H,4-10,12-13H2,1-3H3;3H,1-2,5H2,(H,6,7)/b14-11+,18-16-;. The highest BCUT2D eigenvalue weighted by molar-refractivity contribution is 6.39. The summed E-state index contributed by atoms with van der Waals surface area (Å²) in [5.41, 5.74) is 6.31. The lowest BCUT2D eigenvalue weighted by Gasteiger charge is -2.43. The van der Waals surface area contributed by atoms with Gasteiger partial charge in [-0.05, 0) is 58.4 Å². The molecule has 1 heterocycles. The van der Waals surface area contributed by atoms with Crippen LogP contribution in [0.1, 0.15) is 65.7 Å². The molecule has 5 nitrogen and oxygen atoms in total. The van der Waals surface area contributed by atoms with Crippen molar-refractivity contribution in [2.24, 2.45) is 11.7 Å². The van der Waals surface area contributed by atoms with E-state index < -0.39 is 0 Å². The third-order valence-electron chi connectivity index (χ3n) is 6.28. The van der Waals surface area contributed by atoms with Gasteiger partial charge in [0.15, 0.2) is 0 Å². The summed E-state index contributed by atoms with van der Waals surface area (Å²) in [6.07, 6.45) is 11.7. The van der Waals surface area contributed by atoms with Crippen molar-refractivity contribution in [3.8, 4) is 0 Å². The maximum Gasteiger partial charge on any atom is 0.208 e. The fraction of sp³-hybridized carbons (Fsp3) is 0.773. The van der Waals surface area contributed by atoms with E-state index in [1.165, 1.54) is 44.3 Å². The molecule has 3 N–H and O–H groups in total. The maximum absolute atomic E-state index is 9.67. The number of hydrogen-bond acceptors (Lipinski definition) is 4. The zero-order valence-corrected chi connectivity index (χ0v) is 19.7. The molecule has 0 radical (unpaired) electrons. The molecule has 2 aliphatic carbocycles. The Morgan fingerprint density at radius 3 is 2.31 bits per heavy atom. The van der Waals surface area contributed by atoms with Gasteiger partial charge < -0.3 is 16.0 Å². The van der Waals surface area contributed by atoms with Crippen molar-refractivity contribution in [1.82, 2.24) is 15.1 Å². The lowest BCUT2D eigenvalue weighted by atomic mass is 9.88. The van der Waals surface area contributed by atoms with E-state index in [0.29, 0.717) is 22.5 Å². The second kappa shape index (κ2) is 11.6. The Morgan fingerprint density at radius 1 is 1.17 bits per heavy atom. The predicted molar refractivity (Wildman–Crippen MR) is 123 cm³/mol. The van der Waals surface area contributed by atoms with Crippen LogP contribution in [0.2, 0.25) is 0 Å². The van der Waals surface area contributed by atoms with Crippen molar-refractivity contribution >= 4 is 29.6 Å². The van der Waals surface area contributed by atoms with Gasteiger partial charge in [0.1, 0.15) is 0 Å². The van der Waals surface area contributed by atoms with Crippen molar-refractivity contribution in [2.45, 2.75) is 77.4 Å². The Hall–Kier alpha value is -0.750. The third kappa shape index (κ3) is 8.49. The zero-order chi connectivity index (χ0) is 21.4. The number of carbonyl (C=O) groups is 1. The number of carbonyl (C=O) groups excluding carboxylic acids is 1. The first-order chi connectivity index (χ1) is 13.7. The first-order valence-electron chi connectivity index (χ1n) is 10.9. The number of nitrogens with two attached hydrogens (primary N) is 1. The minimum Gasteiger partial charge on any atom is -0.372 e. The third-order valence-corrected chi connectivity index (χ3v) is 6.97. The number of nitrogens with zero attached hydrogens (tertiary/aromatic N) is 2. The Morgan fingerprint density at radius 2 is 1.83 bits per heavy atom. The molecule has 1 unspecified atom stereocenters. The molecular formula is C22H38Cl2N4O. The van der Waals surface area contributed by atoms with Crippen LogP contribution in [0.15, 0.2) is 21.8 Å². The first kappa shape index (κ1) is 24.5. The van der Waals surface area contributed by atoms with Crippen LogP contribution < -0.4 is 11.1 Å². The summed E-state index contributed by atoms with van der Waals surface area (Å²) in [7, 11) is 0. The van der Waals surface area contributed by atoms with E-state index in [9.17, 15) is 4.79 Å². The SMILES string of the molecule is C/C(Cl)=C(Cl)\C=C(/C)N1CCN(CC2CCCCC2)C(C)C1.NC1(NC=O)CC1. The molecule has 1 saturated heterocycles. The van der Waals surface area contributed by atoms with E-state index in [4.69, 9.17) is 28.9 Å². The smallest absolute Gasteiger partial charge is 0.208 e. The van der Waals surface area contributed by atoms with Gasteiger partial charge in [-0.3, -0.25) is 9.69 Å². The van der Waals surface area contributed by atoms with Crippen LogP contribution in [0.25, 0.3) is 0 Å². The molecular weight excluding hydrogens is 407 g/mol. The molecule has 166 valence electrons. The van der Waals surface area contributed by atoms with Crippen molar-refractivity contribution in [2.75, 3.05) is 26.2 Å². The van der Waals surface area contributed by atoms with Crippen molar-refractivity contribution in [1.29, 1.82) is 0 Å². The molecule has 7 heteroatoms. The van der Waals surface area contributed by atoms with Gasteiger partial charge in [-0.1, -0.05) is 42.5 Å². The highest BCUT2D eigenvalue weighted by Crippen LogP contribution is 2.28. The van der Waals surface area contributed by atoms with Crippen LogP contribution in [-0.2, 0) is 4.79 Å². The number of rotatable bonds is 6. The monoisotopic (exact) mass is 444 g/mol. The average molecular weight is 445 g/mol. The second-order valence-electron chi connectivity index (χ2n) is 8.88. The summed E-state index contributed by atoms with van der Waals surface area (Å²) in [5, 5.41) is 3.80. The van der Waals surface area contributed by atoms with Gasteiger partial charge >= 0.3 is 0 Å². The number of allylic oxidation sites excluding steroid dienone is 4. The lowest BCUT2D eigenvalue weighted by Crippen LogP contribution is -2.52. The molecule has 0 aromatic heterocycles. The second-order valence-corrected chi connectivity index (χ2v) is 9.85. The van der Waals surface area contributed by atoms with Gasteiger partial charge in [0, 0.05) is 43.0 Å². The normalized spacial score (nSPS) is 26.2. The molecule has 1 aliphatic heterocycles. The molecule has 3 rings (SSSR count). The molecule has 0 aromatic rings. The minimum atomic E-state index is -0.318. The van der Waals surface area contributed by atoms with Crippen LogP contribution in [0.5, 0.6) is 0 Å². The van der Waals surface area contributed by atoms with Gasteiger partial charge in [0.25, 0.3) is 0 Å². The fourth-order valence-corrected chi connectivity index (χ4v) is 4.27. The molecule has 0 bridgehead atoms. The topological polar surface area (TPSA) is 61.6 Å². The van der Waals surface area contributed by atoms with Gasteiger partial charge in [0.2, 0.25) is 6.41 Å². The molecule has 3 aliphatic rings. The number of amides is 1. The molecule has 3 fully saturated rings. The quantitative estimate of drug-likeness (QED) is 0.362. The van der Waals surface area contributed by atoms with Gasteiger partial charge in [0.05, 0.1) is 10.7 Å². The number of piperazine rings is 1. The van der Waals surface area contributed by atoms with Crippen LogP contribution in [0, 0.1) is 5.92 Å². The molecule has 2 saturated carbocycles. The summed E-state index contributed by atoms with van der Waals surface area (Å²) < 4.78 is 0. The van der Waals surface area contributed by atoms with Crippen LogP contribution in [0.3, 0.4) is 0 Å². The Balaban J connectivity index is 0.000000360. The minimum absolute atomic E-state index is 0.318. The van der Waals surface area contributed by atoms with E-state index in [0.717, 1.165) is 38.4 Å². The first-order valence-corrected chi connectivity index (χ1v) is 11.7. The number of nitrogens with one attached hydrogen (secondary N) is 1. The number of halogens is 2. The summed E-state index contributed by atoms with van der Waals surface area (Å²) in [4.78, 5) is 14.8. The van der Waals surface area contributed by atoms with Crippen molar-refractivity contribution in [3.05, 3.63) is 21.8 Å². The Bertz CT molecular complexity index is 594. The van der Waals surface area contributed by atoms with E-state index in [1.54, 1.807) is 0 Å². The summed E-state index contributed by atoms with van der Waals surface area (Å²) in [6, 6.07) is 0.610. The lowest BCUT2D eigenvalue weighted by molar-refractivity contribution is -0.110. The van der Waals surface area contributed by atoms with E-state index in [2.05, 4.69) is 29.0 Å². The van der Waals surface area contributed by atoms with Crippen LogP contribution in [-0.4, -0.2) is 54.1 Å². The summed E-state index contributed by atoms with van der Waals surface area (Å²) in [6.45, 7) is 10.9. The molecule has 1 amide bonds. The highest BCUT2D eigenvalue weighted by Gasteiger charge is 2.37. The largest absolute Gasteiger partial charge is 0.372 e. The highest BCUT2D eigenvalue weighted by atomic mass is 35.5. The van der Waals surface area contributed by atoms with E-state index in [-0.39, 0.29) is 5.66 Å². The average Bonchev–Trinajstić information content (AvgIpc) is 3.41. The van der Waals surface area contributed by atoms with Gasteiger partial charge in [-0.15, -0.1) is 0 Å². The fourth-order valence-electron chi connectivity index (χ4n) is 4.06. The van der Waals surface area contributed by atoms with Gasteiger partial charge in [-0.25, -0.2) is 0 Å². The van der Waals surface area contributed by atoms with Crippen molar-refractivity contribution in [3.63, 3.8) is 0 Å². The summed E-state index contributed by atoms with van der Waals surface area (Å²) >= 11 is 12.1. The van der Waals surface area contributed by atoms with Gasteiger partial charge in [-0.2, -0.15) is 0 Å². The zero-order valence-electron chi connectivity index (χ0n) is 18.2. The maximum atomic E-state index is 9.67. The number of hydrogen-bond donors (Lipinski definition) is 2. The molecule has 0 spiro atoms. The summed E-state index contributed by atoms with van der Waals surface area (Å²) in [5.74, 6) is 0.927. The van der Waals surface area contributed by atoms with Crippen LogP contribution >= 0.6 is 23.2 Å². The van der Waals surface area contributed by atoms with Crippen molar-refractivity contribution < 1.29 is 4.79 Å². The van der Waals surface area contributed by atoms with E-state index >= 15 is 0 Å². The molecule has 29 heavy (non-hydrogen) atoms. The Labute approximate surface area is 186 Å². The van der Waals surface area contributed by atoms with E-state index in [1.807, 2.05) is 13.0 Å². The molecule has 0 aromatic carbocycles. The predicted octanol–water partition coefficient (Wildman–Crippen LogP) is 4.37.